The van der Waals surface area contributed by atoms with Gasteiger partial charge in [-0.25, -0.2) is 4.98 Å². The molecule has 5 rings (SSSR count). The Labute approximate surface area is 196 Å². The number of imidazole rings is 1. The molecule has 0 radical (unpaired) electrons. The number of aromatic nitrogens is 3. The molecule has 9 nitrogen and oxygen atoms in total. The smallest absolute Gasteiger partial charge is 0.271 e. The highest BCUT2D eigenvalue weighted by Gasteiger charge is 2.21. The lowest BCUT2D eigenvalue weighted by atomic mass is 10.1. The van der Waals surface area contributed by atoms with Crippen LogP contribution in [-0.2, 0) is 6.42 Å². The van der Waals surface area contributed by atoms with Crippen LogP contribution in [0.15, 0.2) is 47.5 Å². The van der Waals surface area contributed by atoms with Gasteiger partial charge < -0.3 is 20.4 Å². The van der Waals surface area contributed by atoms with E-state index in [1.54, 1.807) is 7.11 Å². The van der Waals surface area contributed by atoms with Crippen molar-refractivity contribution in [3.8, 4) is 5.75 Å². The van der Waals surface area contributed by atoms with Gasteiger partial charge in [0.1, 0.15) is 12.1 Å². The number of methoxy groups -OCH3 is 1. The van der Waals surface area contributed by atoms with Crippen LogP contribution < -0.4 is 20.9 Å². The number of H-pyrrole nitrogens is 1. The number of aromatic amines is 1. The minimum Gasteiger partial charge on any atom is -0.497 e. The number of nitrogens with one attached hydrogen (secondary N) is 1. The molecule has 0 spiro atoms. The zero-order chi connectivity index (χ0) is 23.8. The Morgan fingerprint density at radius 3 is 2.71 bits per heavy atom. The normalized spacial score (nSPS) is 14.7. The Morgan fingerprint density at radius 2 is 1.97 bits per heavy atom. The number of fused-ring (bicyclic) bond motifs is 2. The number of anilines is 1. The zero-order valence-corrected chi connectivity index (χ0v) is 19.4. The SMILES string of the molecule is COc1ccc2cccc(N3CCN(CCc4c(C)[nH]c5c(C(N)=O)ncn5c4=O)CC3)c2c1. The van der Waals surface area contributed by atoms with Crippen LogP contribution in [0.4, 0.5) is 5.69 Å². The van der Waals surface area contributed by atoms with Crippen molar-refractivity contribution in [2.45, 2.75) is 13.3 Å². The van der Waals surface area contributed by atoms with Gasteiger partial charge in [0, 0.05) is 55.1 Å². The maximum Gasteiger partial charge on any atom is 0.271 e. The van der Waals surface area contributed by atoms with Crippen molar-refractivity contribution in [3.63, 3.8) is 0 Å². The first-order valence-corrected chi connectivity index (χ1v) is 11.4. The third kappa shape index (κ3) is 3.88. The van der Waals surface area contributed by atoms with Gasteiger partial charge in [-0.3, -0.25) is 18.9 Å². The van der Waals surface area contributed by atoms with Crippen molar-refractivity contribution in [3.05, 3.63) is 70.0 Å². The van der Waals surface area contributed by atoms with E-state index in [1.165, 1.54) is 27.2 Å². The van der Waals surface area contributed by atoms with Gasteiger partial charge in [-0.15, -0.1) is 0 Å². The summed E-state index contributed by atoms with van der Waals surface area (Å²) in [4.78, 5) is 36.5. The van der Waals surface area contributed by atoms with Crippen molar-refractivity contribution in [1.29, 1.82) is 0 Å². The maximum atomic E-state index is 13.0. The molecule has 0 aliphatic carbocycles. The van der Waals surface area contributed by atoms with Crippen LogP contribution in [0, 0.1) is 6.92 Å². The van der Waals surface area contributed by atoms with Crippen molar-refractivity contribution < 1.29 is 9.53 Å². The number of nitrogens with two attached hydrogens (primary N) is 1. The van der Waals surface area contributed by atoms with Crippen LogP contribution in [-0.4, -0.2) is 65.0 Å². The molecule has 1 fully saturated rings. The standard InChI is InChI=1S/C25H28N6O3/c1-16-19(25(33)31-15-27-22(23(26)32)24(31)28-16)8-9-29-10-12-30(13-11-29)21-5-3-4-17-6-7-18(34-2)14-20(17)21/h3-7,14-15,28H,8-13H2,1-2H3,(H2,26,32). The Hall–Kier alpha value is -3.85. The van der Waals surface area contributed by atoms with E-state index in [0.717, 1.165) is 44.2 Å². The molecule has 2 aromatic carbocycles. The fourth-order valence-corrected chi connectivity index (χ4v) is 4.78. The molecule has 1 aliphatic heterocycles. The number of ether oxygens (including phenoxy) is 1. The van der Waals surface area contributed by atoms with Crippen LogP contribution in [0.25, 0.3) is 16.4 Å². The highest BCUT2D eigenvalue weighted by atomic mass is 16.5. The third-order valence-electron chi connectivity index (χ3n) is 6.69. The molecule has 1 aliphatic rings. The van der Waals surface area contributed by atoms with Gasteiger partial charge in [0.15, 0.2) is 11.3 Å². The van der Waals surface area contributed by atoms with Gasteiger partial charge in [-0.1, -0.05) is 18.2 Å². The number of carbonyl (C=O) groups is 1. The van der Waals surface area contributed by atoms with Crippen LogP contribution in [0.2, 0.25) is 0 Å². The summed E-state index contributed by atoms with van der Waals surface area (Å²) in [6.07, 6.45) is 1.97. The molecule has 0 bridgehead atoms. The Balaban J connectivity index is 1.28. The van der Waals surface area contributed by atoms with Crippen molar-refractivity contribution >= 4 is 28.0 Å². The van der Waals surface area contributed by atoms with Crippen LogP contribution >= 0.6 is 0 Å². The molecular formula is C25H28N6O3. The number of primary amides is 1. The number of benzene rings is 2. The lowest BCUT2D eigenvalue weighted by Crippen LogP contribution is -2.47. The zero-order valence-electron chi connectivity index (χ0n) is 19.4. The average Bonchev–Trinajstić information content (AvgIpc) is 3.28. The molecule has 1 amide bonds. The van der Waals surface area contributed by atoms with Gasteiger partial charge in [-0.05, 0) is 36.9 Å². The number of hydrogen-bond acceptors (Lipinski definition) is 6. The molecule has 4 aromatic rings. The quantitative estimate of drug-likeness (QED) is 0.455. The first kappa shape index (κ1) is 22.0. The number of nitrogens with zero attached hydrogens (tertiary/aromatic N) is 4. The summed E-state index contributed by atoms with van der Waals surface area (Å²) in [6.45, 7) is 6.28. The first-order chi connectivity index (χ1) is 16.5. The Kier molecular flexibility index (Phi) is 5.70. The van der Waals surface area contributed by atoms with Gasteiger partial charge in [0.05, 0.1) is 7.11 Å². The molecule has 0 atom stereocenters. The number of carbonyl (C=O) groups excluding carboxylic acids is 1. The van der Waals surface area contributed by atoms with Crippen LogP contribution in [0.3, 0.4) is 0 Å². The van der Waals surface area contributed by atoms with Gasteiger partial charge in [0.25, 0.3) is 11.5 Å². The topological polar surface area (TPSA) is 109 Å². The summed E-state index contributed by atoms with van der Waals surface area (Å²) in [6, 6.07) is 12.6. The van der Waals surface area contributed by atoms with Crippen molar-refractivity contribution in [1.82, 2.24) is 19.3 Å². The molecule has 3 N–H and O–H groups in total. The molecule has 1 saturated heterocycles. The van der Waals surface area contributed by atoms with E-state index in [2.05, 4.69) is 50.1 Å². The predicted molar refractivity (Wildman–Crippen MR) is 132 cm³/mol. The van der Waals surface area contributed by atoms with Crippen molar-refractivity contribution in [2.75, 3.05) is 44.7 Å². The lowest BCUT2D eigenvalue weighted by molar-refractivity contribution is 0.0997. The number of rotatable bonds is 6. The van der Waals surface area contributed by atoms with E-state index in [1.807, 2.05) is 13.0 Å². The third-order valence-corrected chi connectivity index (χ3v) is 6.69. The summed E-state index contributed by atoms with van der Waals surface area (Å²) >= 11 is 0. The second-order valence-electron chi connectivity index (χ2n) is 8.65. The number of amides is 1. The van der Waals surface area contributed by atoms with E-state index in [4.69, 9.17) is 10.5 Å². The lowest BCUT2D eigenvalue weighted by Gasteiger charge is -2.36. The van der Waals surface area contributed by atoms with Gasteiger partial charge in [-0.2, -0.15) is 0 Å². The largest absolute Gasteiger partial charge is 0.497 e. The molecule has 0 saturated carbocycles. The number of hydrogen-bond donors (Lipinski definition) is 2. The van der Waals surface area contributed by atoms with Gasteiger partial charge in [0.2, 0.25) is 0 Å². The molecule has 176 valence electrons. The van der Waals surface area contributed by atoms with E-state index in [-0.39, 0.29) is 11.3 Å². The second kappa shape index (κ2) is 8.83. The highest BCUT2D eigenvalue weighted by molar-refractivity contribution is 5.97. The maximum absolute atomic E-state index is 13.0. The first-order valence-electron chi connectivity index (χ1n) is 11.4. The monoisotopic (exact) mass is 460 g/mol. The molecule has 3 heterocycles. The van der Waals surface area contributed by atoms with Crippen molar-refractivity contribution in [2.24, 2.45) is 5.73 Å². The Morgan fingerprint density at radius 1 is 1.18 bits per heavy atom. The van der Waals surface area contributed by atoms with Gasteiger partial charge >= 0.3 is 0 Å². The predicted octanol–water partition coefficient (Wildman–Crippen LogP) is 1.96. The van der Waals surface area contributed by atoms with E-state index >= 15 is 0 Å². The fraction of sp³-hybridized carbons (Fsp3) is 0.320. The van der Waals surface area contributed by atoms with E-state index < -0.39 is 5.91 Å². The molecule has 34 heavy (non-hydrogen) atoms. The minimum atomic E-state index is -0.659. The van der Waals surface area contributed by atoms with E-state index in [0.29, 0.717) is 17.6 Å². The number of aryl methyl sites for hydroxylation is 1. The summed E-state index contributed by atoms with van der Waals surface area (Å²) in [5.41, 5.74) is 8.29. The van der Waals surface area contributed by atoms with Crippen LogP contribution in [0.1, 0.15) is 21.7 Å². The molecule has 2 aromatic heterocycles. The van der Waals surface area contributed by atoms with Crippen LogP contribution in [0.5, 0.6) is 5.75 Å². The molecule has 0 unspecified atom stereocenters. The summed E-state index contributed by atoms with van der Waals surface area (Å²) in [5.74, 6) is 0.199. The van der Waals surface area contributed by atoms with E-state index in [9.17, 15) is 9.59 Å². The minimum absolute atomic E-state index is 0.0777. The highest BCUT2D eigenvalue weighted by Crippen LogP contribution is 2.30. The number of piperazine rings is 1. The summed E-state index contributed by atoms with van der Waals surface area (Å²) in [7, 11) is 1.69. The summed E-state index contributed by atoms with van der Waals surface area (Å²) in [5, 5.41) is 2.39. The fourth-order valence-electron chi connectivity index (χ4n) is 4.78. The summed E-state index contributed by atoms with van der Waals surface area (Å²) < 4.78 is 6.80. The second-order valence-corrected chi connectivity index (χ2v) is 8.65. The Bertz CT molecular complexity index is 1430. The average molecular weight is 461 g/mol. The molecule has 9 heteroatoms. The molecular weight excluding hydrogens is 432 g/mol.